The summed E-state index contributed by atoms with van der Waals surface area (Å²) in [5, 5.41) is 0. The highest BCUT2D eigenvalue weighted by molar-refractivity contribution is 7.71. The number of nitrogens with zero attached hydrogens (tertiary/aromatic N) is 1. The number of rotatable bonds is 3. The predicted molar refractivity (Wildman–Crippen MR) is 72.8 cm³/mol. The molecule has 2 aromatic rings. The maximum atomic E-state index is 5.16. The largest absolute Gasteiger partial charge is 0.347 e. The van der Waals surface area contributed by atoms with Crippen molar-refractivity contribution in [3.8, 4) is 0 Å². The van der Waals surface area contributed by atoms with Crippen LogP contribution < -0.4 is 0 Å². The molecule has 17 heavy (non-hydrogen) atoms. The number of aryl methyl sites for hydroxylation is 2. The lowest BCUT2D eigenvalue weighted by Crippen LogP contribution is -2.00. The molecule has 0 amide bonds. The Balaban J connectivity index is 2.29. The van der Waals surface area contributed by atoms with E-state index in [2.05, 4.69) is 48.1 Å². The van der Waals surface area contributed by atoms with E-state index in [1.807, 2.05) is 6.07 Å². The zero-order chi connectivity index (χ0) is 12.3. The third-order valence-corrected chi connectivity index (χ3v) is 2.89. The van der Waals surface area contributed by atoms with Crippen LogP contribution in [0.4, 0.5) is 0 Å². The number of aromatic nitrogens is 2. The molecule has 1 heterocycles. The Hall–Kier alpha value is -1.48. The molecule has 0 bridgehead atoms. The first kappa shape index (κ1) is 12.0. The van der Waals surface area contributed by atoms with Gasteiger partial charge in [-0.3, -0.25) is 0 Å². The molecular weight excluding hydrogens is 228 g/mol. The van der Waals surface area contributed by atoms with Gasteiger partial charge in [0.1, 0.15) is 10.5 Å². The van der Waals surface area contributed by atoms with E-state index in [0.29, 0.717) is 4.64 Å². The summed E-state index contributed by atoms with van der Waals surface area (Å²) in [6.07, 6.45) is 1.76. The summed E-state index contributed by atoms with van der Waals surface area (Å²) in [5.74, 6) is 0.944. The van der Waals surface area contributed by atoms with E-state index in [4.69, 9.17) is 12.2 Å². The second-order valence-corrected chi connectivity index (χ2v) is 4.63. The minimum Gasteiger partial charge on any atom is -0.347 e. The predicted octanol–water partition coefficient (Wildman–Crippen LogP) is 3.60. The van der Waals surface area contributed by atoms with Crippen LogP contribution in [0.3, 0.4) is 0 Å². The van der Waals surface area contributed by atoms with Crippen LogP contribution in [0.2, 0.25) is 0 Å². The number of hydrogen-bond acceptors (Lipinski definition) is 2. The van der Waals surface area contributed by atoms with E-state index in [9.17, 15) is 0 Å². The van der Waals surface area contributed by atoms with Crippen LogP contribution in [0.15, 0.2) is 30.3 Å². The summed E-state index contributed by atoms with van der Waals surface area (Å²) in [6.45, 7) is 4.21. The van der Waals surface area contributed by atoms with Gasteiger partial charge in [0.15, 0.2) is 0 Å². The molecule has 0 aliphatic carbocycles. The highest BCUT2D eigenvalue weighted by Crippen LogP contribution is 2.09. The first-order valence-corrected chi connectivity index (χ1v) is 6.23. The summed E-state index contributed by atoms with van der Waals surface area (Å²) < 4.78 is 0.670. The van der Waals surface area contributed by atoms with Gasteiger partial charge >= 0.3 is 0 Å². The molecule has 2 nitrogen and oxygen atoms in total. The number of benzene rings is 1. The Kier molecular flexibility index (Phi) is 3.69. The minimum absolute atomic E-state index is 0.670. The molecule has 0 fully saturated rings. The Morgan fingerprint density at radius 3 is 2.82 bits per heavy atom. The van der Waals surface area contributed by atoms with Gasteiger partial charge in [-0.15, -0.1) is 0 Å². The molecule has 0 saturated heterocycles. The van der Waals surface area contributed by atoms with Gasteiger partial charge in [-0.2, -0.15) is 0 Å². The molecule has 0 aliphatic heterocycles. The van der Waals surface area contributed by atoms with Gasteiger partial charge in [0.25, 0.3) is 0 Å². The first-order valence-electron chi connectivity index (χ1n) is 5.82. The SMILES string of the molecule is CCc1cc(=S)nc(Cc2cccc(C)c2)[nH]1. The van der Waals surface area contributed by atoms with Crippen molar-refractivity contribution in [2.75, 3.05) is 0 Å². The van der Waals surface area contributed by atoms with Gasteiger partial charge in [-0.25, -0.2) is 4.98 Å². The molecule has 1 N–H and O–H groups in total. The highest BCUT2D eigenvalue weighted by Gasteiger charge is 2.00. The fourth-order valence-electron chi connectivity index (χ4n) is 1.85. The van der Waals surface area contributed by atoms with Crippen LogP contribution >= 0.6 is 12.2 Å². The second kappa shape index (κ2) is 5.23. The van der Waals surface area contributed by atoms with Crippen molar-refractivity contribution in [2.45, 2.75) is 26.7 Å². The Labute approximate surface area is 107 Å². The summed E-state index contributed by atoms with van der Waals surface area (Å²) in [6, 6.07) is 10.4. The normalized spacial score (nSPS) is 10.5. The number of H-pyrrole nitrogens is 1. The van der Waals surface area contributed by atoms with Crippen LogP contribution in [-0.2, 0) is 12.8 Å². The van der Waals surface area contributed by atoms with Gasteiger partial charge < -0.3 is 4.98 Å². The quantitative estimate of drug-likeness (QED) is 0.836. The van der Waals surface area contributed by atoms with E-state index in [0.717, 1.165) is 24.4 Å². The van der Waals surface area contributed by atoms with Crippen molar-refractivity contribution < 1.29 is 0 Å². The fourth-order valence-corrected chi connectivity index (χ4v) is 2.11. The average Bonchev–Trinajstić information content (AvgIpc) is 2.28. The fraction of sp³-hybridized carbons (Fsp3) is 0.286. The van der Waals surface area contributed by atoms with Crippen molar-refractivity contribution in [1.82, 2.24) is 9.97 Å². The summed E-state index contributed by atoms with van der Waals surface area (Å²) >= 11 is 5.16. The molecule has 0 atom stereocenters. The average molecular weight is 244 g/mol. The number of nitrogens with one attached hydrogen (secondary N) is 1. The zero-order valence-electron chi connectivity index (χ0n) is 10.2. The van der Waals surface area contributed by atoms with Gasteiger partial charge in [0.2, 0.25) is 0 Å². The molecule has 0 radical (unpaired) electrons. The van der Waals surface area contributed by atoms with E-state index in [-0.39, 0.29) is 0 Å². The smallest absolute Gasteiger partial charge is 0.130 e. The maximum Gasteiger partial charge on any atom is 0.130 e. The maximum absolute atomic E-state index is 5.16. The molecule has 0 unspecified atom stereocenters. The first-order chi connectivity index (χ1) is 8.17. The van der Waals surface area contributed by atoms with Crippen molar-refractivity contribution in [3.63, 3.8) is 0 Å². The Morgan fingerprint density at radius 2 is 2.12 bits per heavy atom. The van der Waals surface area contributed by atoms with Crippen LogP contribution in [-0.4, -0.2) is 9.97 Å². The summed E-state index contributed by atoms with van der Waals surface area (Å²) in [7, 11) is 0. The molecule has 0 aliphatic rings. The van der Waals surface area contributed by atoms with Crippen LogP contribution in [0.5, 0.6) is 0 Å². The second-order valence-electron chi connectivity index (χ2n) is 4.21. The van der Waals surface area contributed by atoms with Crippen LogP contribution in [0.1, 0.15) is 29.6 Å². The third-order valence-electron chi connectivity index (χ3n) is 2.68. The van der Waals surface area contributed by atoms with Crippen LogP contribution in [0, 0.1) is 11.6 Å². The molecular formula is C14H16N2S. The molecule has 1 aromatic heterocycles. The van der Waals surface area contributed by atoms with Gasteiger partial charge in [0.05, 0.1) is 0 Å². The van der Waals surface area contributed by atoms with Gasteiger partial charge in [0, 0.05) is 12.1 Å². The lowest BCUT2D eigenvalue weighted by molar-refractivity contribution is 0.899. The lowest BCUT2D eigenvalue weighted by Gasteiger charge is -2.05. The molecule has 0 spiro atoms. The monoisotopic (exact) mass is 244 g/mol. The van der Waals surface area contributed by atoms with Crippen molar-refractivity contribution in [2.24, 2.45) is 0 Å². The lowest BCUT2D eigenvalue weighted by atomic mass is 10.1. The van der Waals surface area contributed by atoms with E-state index in [1.165, 1.54) is 11.1 Å². The van der Waals surface area contributed by atoms with Crippen LogP contribution in [0.25, 0.3) is 0 Å². The Bertz CT molecular complexity index is 572. The zero-order valence-corrected chi connectivity index (χ0v) is 11.0. The molecule has 1 aromatic carbocycles. The van der Waals surface area contributed by atoms with Crippen molar-refractivity contribution >= 4 is 12.2 Å². The molecule has 88 valence electrons. The number of aromatic amines is 1. The van der Waals surface area contributed by atoms with E-state index in [1.54, 1.807) is 0 Å². The Morgan fingerprint density at radius 1 is 1.29 bits per heavy atom. The highest BCUT2D eigenvalue weighted by atomic mass is 32.1. The topological polar surface area (TPSA) is 28.7 Å². The van der Waals surface area contributed by atoms with E-state index < -0.39 is 0 Å². The minimum atomic E-state index is 0.670. The van der Waals surface area contributed by atoms with Gasteiger partial charge in [-0.1, -0.05) is 49.0 Å². The third kappa shape index (κ3) is 3.24. The van der Waals surface area contributed by atoms with Crippen molar-refractivity contribution in [3.05, 3.63) is 57.6 Å². The summed E-state index contributed by atoms with van der Waals surface area (Å²) in [4.78, 5) is 7.69. The summed E-state index contributed by atoms with van der Waals surface area (Å²) in [5.41, 5.74) is 3.68. The van der Waals surface area contributed by atoms with E-state index >= 15 is 0 Å². The molecule has 3 heteroatoms. The number of hydrogen-bond donors (Lipinski definition) is 1. The van der Waals surface area contributed by atoms with Crippen molar-refractivity contribution in [1.29, 1.82) is 0 Å². The standard InChI is InChI=1S/C14H16N2S/c1-3-12-9-14(17)16-13(15-12)8-11-6-4-5-10(2)7-11/h4-7,9H,3,8H2,1-2H3,(H,15,16,17). The van der Waals surface area contributed by atoms with Gasteiger partial charge in [-0.05, 0) is 25.0 Å². The molecule has 2 rings (SSSR count). The molecule has 0 saturated carbocycles.